The number of amides is 1. The molecule has 0 radical (unpaired) electrons. The molecule has 1 fully saturated rings. The van der Waals surface area contributed by atoms with Gasteiger partial charge in [0.2, 0.25) is 0 Å². The van der Waals surface area contributed by atoms with E-state index in [-0.39, 0.29) is 17.5 Å². The van der Waals surface area contributed by atoms with E-state index < -0.39 is 17.5 Å². The molecule has 1 N–H and O–H groups in total. The van der Waals surface area contributed by atoms with Crippen molar-refractivity contribution in [1.82, 2.24) is 5.32 Å². The SMILES string of the molecule is CC1CCCCC1NC(=O)c1ccc(C(=O)C(F)(F)F)cc1. The van der Waals surface area contributed by atoms with Crippen molar-refractivity contribution in [2.45, 2.75) is 44.8 Å². The largest absolute Gasteiger partial charge is 0.454 e. The molecule has 1 aromatic rings. The van der Waals surface area contributed by atoms with Crippen molar-refractivity contribution in [2.75, 3.05) is 0 Å². The predicted molar refractivity (Wildman–Crippen MR) is 75.7 cm³/mol. The molecule has 0 aromatic heterocycles. The number of hydrogen-bond donors (Lipinski definition) is 1. The standard InChI is InChI=1S/C16H18F3NO2/c1-10-4-2-3-5-13(10)20-15(22)12-8-6-11(7-9-12)14(21)16(17,18)19/h6-10,13H,2-5H2,1H3,(H,20,22). The second-order valence-corrected chi connectivity index (χ2v) is 5.75. The molecule has 2 atom stereocenters. The predicted octanol–water partition coefficient (Wildman–Crippen LogP) is 3.74. The zero-order valence-corrected chi connectivity index (χ0v) is 12.2. The molecule has 0 aliphatic heterocycles. The maximum atomic E-state index is 12.3. The van der Waals surface area contributed by atoms with Crippen LogP contribution in [0.4, 0.5) is 13.2 Å². The molecule has 1 aromatic carbocycles. The first kappa shape index (κ1) is 16.5. The molecule has 3 nitrogen and oxygen atoms in total. The Kier molecular flexibility index (Phi) is 4.88. The van der Waals surface area contributed by atoms with Gasteiger partial charge >= 0.3 is 6.18 Å². The van der Waals surface area contributed by atoms with Crippen LogP contribution in [0.3, 0.4) is 0 Å². The fraction of sp³-hybridized carbons (Fsp3) is 0.500. The van der Waals surface area contributed by atoms with Gasteiger partial charge < -0.3 is 5.32 Å². The third-order valence-corrected chi connectivity index (χ3v) is 4.09. The molecule has 1 saturated carbocycles. The van der Waals surface area contributed by atoms with Gasteiger partial charge in [-0.3, -0.25) is 9.59 Å². The molecular weight excluding hydrogens is 295 g/mol. The minimum absolute atomic E-state index is 0.0951. The molecule has 6 heteroatoms. The summed E-state index contributed by atoms with van der Waals surface area (Å²) in [5.41, 5.74) is -0.202. The van der Waals surface area contributed by atoms with Gasteiger partial charge in [-0.2, -0.15) is 13.2 Å². The highest BCUT2D eigenvalue weighted by molar-refractivity contribution is 6.01. The summed E-state index contributed by atoms with van der Waals surface area (Å²) in [6.45, 7) is 2.08. The lowest BCUT2D eigenvalue weighted by Crippen LogP contribution is -2.41. The molecule has 120 valence electrons. The fourth-order valence-corrected chi connectivity index (χ4v) is 2.72. The number of halogens is 3. The number of hydrogen-bond acceptors (Lipinski definition) is 2. The van der Waals surface area contributed by atoms with E-state index >= 15 is 0 Å². The van der Waals surface area contributed by atoms with Gasteiger partial charge in [0.05, 0.1) is 0 Å². The van der Waals surface area contributed by atoms with E-state index in [2.05, 4.69) is 12.2 Å². The molecule has 22 heavy (non-hydrogen) atoms. The van der Waals surface area contributed by atoms with Crippen LogP contribution in [0.1, 0.15) is 53.3 Å². The number of Topliss-reactive ketones (excluding diaryl/α,β-unsaturated/α-hetero) is 1. The lowest BCUT2D eigenvalue weighted by atomic mass is 9.86. The summed E-state index contributed by atoms with van der Waals surface area (Å²) in [7, 11) is 0. The number of carbonyl (C=O) groups is 2. The van der Waals surface area contributed by atoms with Crippen LogP contribution in [0.25, 0.3) is 0 Å². The second kappa shape index (κ2) is 6.50. The molecular formula is C16H18F3NO2. The Morgan fingerprint density at radius 2 is 1.59 bits per heavy atom. The second-order valence-electron chi connectivity index (χ2n) is 5.75. The number of carbonyl (C=O) groups excluding carboxylic acids is 2. The van der Waals surface area contributed by atoms with Crippen molar-refractivity contribution in [3.8, 4) is 0 Å². The van der Waals surface area contributed by atoms with Crippen LogP contribution < -0.4 is 5.32 Å². The van der Waals surface area contributed by atoms with E-state index in [1.165, 1.54) is 12.1 Å². The molecule has 1 aliphatic carbocycles. The number of ketones is 1. The van der Waals surface area contributed by atoms with Crippen LogP contribution in [0, 0.1) is 5.92 Å². The Morgan fingerprint density at radius 1 is 1.05 bits per heavy atom. The summed E-state index contributed by atoms with van der Waals surface area (Å²) in [5, 5.41) is 2.92. The van der Waals surface area contributed by atoms with Gasteiger partial charge in [0, 0.05) is 17.2 Å². The fourth-order valence-electron chi connectivity index (χ4n) is 2.72. The zero-order chi connectivity index (χ0) is 16.3. The lowest BCUT2D eigenvalue weighted by Gasteiger charge is -2.29. The van der Waals surface area contributed by atoms with Gasteiger partial charge in [-0.15, -0.1) is 0 Å². The van der Waals surface area contributed by atoms with Crippen molar-refractivity contribution < 1.29 is 22.8 Å². The van der Waals surface area contributed by atoms with Gasteiger partial charge in [0.1, 0.15) is 0 Å². The van der Waals surface area contributed by atoms with Crippen molar-refractivity contribution >= 4 is 11.7 Å². The zero-order valence-electron chi connectivity index (χ0n) is 12.2. The molecule has 2 rings (SSSR count). The monoisotopic (exact) mass is 313 g/mol. The average molecular weight is 313 g/mol. The van der Waals surface area contributed by atoms with E-state index in [1.807, 2.05) is 0 Å². The molecule has 0 heterocycles. The highest BCUT2D eigenvalue weighted by Gasteiger charge is 2.39. The first-order valence-corrected chi connectivity index (χ1v) is 7.31. The highest BCUT2D eigenvalue weighted by Crippen LogP contribution is 2.24. The summed E-state index contributed by atoms with van der Waals surface area (Å²) in [6, 6.07) is 4.67. The van der Waals surface area contributed by atoms with Crippen LogP contribution in [-0.2, 0) is 0 Å². The summed E-state index contributed by atoms with van der Waals surface area (Å²) in [4.78, 5) is 23.2. The molecule has 1 aliphatic rings. The summed E-state index contributed by atoms with van der Waals surface area (Å²) < 4.78 is 37.0. The Balaban J connectivity index is 2.03. The molecule has 0 bridgehead atoms. The lowest BCUT2D eigenvalue weighted by molar-refractivity contribution is -0.0885. The van der Waals surface area contributed by atoms with Gasteiger partial charge in [-0.05, 0) is 30.9 Å². The van der Waals surface area contributed by atoms with Crippen molar-refractivity contribution in [2.24, 2.45) is 5.92 Å². The van der Waals surface area contributed by atoms with Gasteiger partial charge in [0.25, 0.3) is 11.7 Å². The van der Waals surface area contributed by atoms with Crippen LogP contribution in [0.2, 0.25) is 0 Å². The maximum absolute atomic E-state index is 12.3. The van der Waals surface area contributed by atoms with Crippen LogP contribution in [0.15, 0.2) is 24.3 Å². The number of benzene rings is 1. The number of alkyl halides is 3. The first-order valence-electron chi connectivity index (χ1n) is 7.31. The summed E-state index contributed by atoms with van der Waals surface area (Å²) >= 11 is 0. The quantitative estimate of drug-likeness (QED) is 0.864. The third kappa shape index (κ3) is 3.87. The normalized spacial score (nSPS) is 22.2. The van der Waals surface area contributed by atoms with E-state index in [1.54, 1.807) is 0 Å². The molecule has 0 saturated heterocycles. The molecule has 1 amide bonds. The average Bonchev–Trinajstić information content (AvgIpc) is 2.48. The van der Waals surface area contributed by atoms with Gasteiger partial charge in [-0.25, -0.2) is 0 Å². The third-order valence-electron chi connectivity index (χ3n) is 4.09. The Labute approximate surface area is 126 Å². The first-order chi connectivity index (χ1) is 10.3. The highest BCUT2D eigenvalue weighted by atomic mass is 19.4. The molecule has 2 unspecified atom stereocenters. The van der Waals surface area contributed by atoms with Gasteiger partial charge in [0.15, 0.2) is 0 Å². The van der Waals surface area contributed by atoms with E-state index in [9.17, 15) is 22.8 Å². The van der Waals surface area contributed by atoms with Crippen LogP contribution in [-0.4, -0.2) is 23.9 Å². The summed E-state index contributed by atoms with van der Waals surface area (Å²) in [6.07, 6.45) is -0.709. The number of rotatable bonds is 3. The minimum Gasteiger partial charge on any atom is -0.349 e. The van der Waals surface area contributed by atoms with Crippen molar-refractivity contribution in [1.29, 1.82) is 0 Å². The smallest absolute Gasteiger partial charge is 0.349 e. The Hall–Kier alpha value is -1.85. The Bertz CT molecular complexity index is 552. The Morgan fingerprint density at radius 3 is 2.14 bits per heavy atom. The number of nitrogens with one attached hydrogen (secondary N) is 1. The van der Waals surface area contributed by atoms with Crippen LogP contribution in [0.5, 0.6) is 0 Å². The van der Waals surface area contributed by atoms with Crippen molar-refractivity contribution in [3.05, 3.63) is 35.4 Å². The van der Waals surface area contributed by atoms with Crippen molar-refractivity contribution in [3.63, 3.8) is 0 Å². The molecule has 0 spiro atoms. The van der Waals surface area contributed by atoms with E-state index in [0.717, 1.165) is 37.8 Å². The van der Waals surface area contributed by atoms with E-state index in [4.69, 9.17) is 0 Å². The van der Waals surface area contributed by atoms with E-state index in [0.29, 0.717) is 5.92 Å². The maximum Gasteiger partial charge on any atom is 0.454 e. The minimum atomic E-state index is -4.90. The van der Waals surface area contributed by atoms with Gasteiger partial charge in [-0.1, -0.05) is 31.9 Å². The summed E-state index contributed by atoms with van der Waals surface area (Å²) in [5.74, 6) is -1.83. The van der Waals surface area contributed by atoms with Crippen LogP contribution >= 0.6 is 0 Å². The topological polar surface area (TPSA) is 46.2 Å².